The summed E-state index contributed by atoms with van der Waals surface area (Å²) in [5.74, 6) is 1.53. The third kappa shape index (κ3) is 3.75. The molecule has 0 fully saturated rings. The molecular formula is C15H14Br2O3. The van der Waals surface area contributed by atoms with Crippen LogP contribution in [0.3, 0.4) is 0 Å². The van der Waals surface area contributed by atoms with E-state index in [0.717, 1.165) is 31.6 Å². The zero-order chi connectivity index (χ0) is 14.5. The van der Waals surface area contributed by atoms with Crippen molar-refractivity contribution in [2.75, 3.05) is 7.11 Å². The zero-order valence-electron chi connectivity index (χ0n) is 10.9. The topological polar surface area (TPSA) is 38.7 Å². The number of ether oxygens (including phenoxy) is 2. The Kier molecular flexibility index (Phi) is 5.46. The molecule has 0 radical (unpaired) electrons. The maximum atomic E-state index is 9.07. The summed E-state index contributed by atoms with van der Waals surface area (Å²) in [6, 6.07) is 11.3. The van der Waals surface area contributed by atoms with Crippen molar-refractivity contribution in [1.82, 2.24) is 0 Å². The van der Waals surface area contributed by atoms with Crippen LogP contribution in [0.15, 0.2) is 45.3 Å². The number of rotatable bonds is 5. The molecule has 0 aromatic heterocycles. The van der Waals surface area contributed by atoms with E-state index in [2.05, 4.69) is 31.9 Å². The molecule has 1 N–H and O–H groups in total. The molecule has 3 nitrogen and oxygen atoms in total. The van der Waals surface area contributed by atoms with Crippen LogP contribution in [0.2, 0.25) is 0 Å². The Hall–Kier alpha value is -1.04. The van der Waals surface area contributed by atoms with Crippen molar-refractivity contribution in [3.63, 3.8) is 0 Å². The Morgan fingerprint density at radius 1 is 1.05 bits per heavy atom. The summed E-state index contributed by atoms with van der Waals surface area (Å²) >= 11 is 6.93. The lowest BCUT2D eigenvalue weighted by Gasteiger charge is -2.11. The smallest absolute Gasteiger partial charge is 0.134 e. The van der Waals surface area contributed by atoms with Gasteiger partial charge in [0.15, 0.2) is 0 Å². The predicted octanol–water partition coefficient (Wildman–Crippen LogP) is 4.29. The molecule has 106 valence electrons. The number of hydrogen-bond acceptors (Lipinski definition) is 3. The molecule has 20 heavy (non-hydrogen) atoms. The Morgan fingerprint density at radius 2 is 1.85 bits per heavy atom. The average molecular weight is 402 g/mol. The summed E-state index contributed by atoms with van der Waals surface area (Å²) in [5.41, 5.74) is 1.84. The molecule has 0 spiro atoms. The van der Waals surface area contributed by atoms with Gasteiger partial charge in [0, 0.05) is 10.0 Å². The van der Waals surface area contributed by atoms with Crippen molar-refractivity contribution >= 4 is 31.9 Å². The van der Waals surface area contributed by atoms with Crippen LogP contribution in [0, 0.1) is 0 Å². The van der Waals surface area contributed by atoms with E-state index < -0.39 is 0 Å². The normalized spacial score (nSPS) is 10.4. The van der Waals surface area contributed by atoms with E-state index >= 15 is 0 Å². The predicted molar refractivity (Wildman–Crippen MR) is 85.1 cm³/mol. The molecule has 0 bridgehead atoms. The maximum Gasteiger partial charge on any atom is 0.134 e. The Morgan fingerprint density at radius 3 is 2.50 bits per heavy atom. The van der Waals surface area contributed by atoms with Gasteiger partial charge in [0.1, 0.15) is 18.1 Å². The quantitative estimate of drug-likeness (QED) is 0.811. The zero-order valence-corrected chi connectivity index (χ0v) is 14.1. The van der Waals surface area contributed by atoms with E-state index in [1.54, 1.807) is 7.11 Å². The number of benzene rings is 2. The molecular weight excluding hydrogens is 388 g/mol. The Bertz CT molecular complexity index is 600. The van der Waals surface area contributed by atoms with E-state index in [1.807, 2.05) is 36.4 Å². The van der Waals surface area contributed by atoms with Gasteiger partial charge in [0.05, 0.1) is 18.2 Å². The molecule has 2 aromatic rings. The highest BCUT2D eigenvalue weighted by Gasteiger charge is 2.06. The number of methoxy groups -OCH3 is 1. The Balaban J connectivity index is 2.12. The van der Waals surface area contributed by atoms with Gasteiger partial charge in [0.25, 0.3) is 0 Å². The highest BCUT2D eigenvalue weighted by atomic mass is 79.9. The van der Waals surface area contributed by atoms with Gasteiger partial charge < -0.3 is 14.6 Å². The summed E-state index contributed by atoms with van der Waals surface area (Å²) in [6.45, 7) is 0.440. The molecule has 0 saturated carbocycles. The molecule has 0 unspecified atom stereocenters. The standard InChI is InChI=1S/C15H14Br2O3/c1-19-12-3-4-13(16)11(7-12)9-20-15-5-2-10(8-18)6-14(15)17/h2-7,18H,8-9H2,1H3. The highest BCUT2D eigenvalue weighted by molar-refractivity contribution is 9.10. The second-order valence-corrected chi connectivity index (χ2v) is 5.88. The first-order valence-electron chi connectivity index (χ1n) is 5.98. The molecule has 0 heterocycles. The fraction of sp³-hybridized carbons (Fsp3) is 0.200. The lowest BCUT2D eigenvalue weighted by atomic mass is 10.2. The van der Waals surface area contributed by atoms with E-state index in [-0.39, 0.29) is 6.61 Å². The van der Waals surface area contributed by atoms with Gasteiger partial charge in [-0.05, 0) is 51.8 Å². The van der Waals surface area contributed by atoms with Gasteiger partial charge in [-0.25, -0.2) is 0 Å². The van der Waals surface area contributed by atoms with Gasteiger partial charge in [-0.15, -0.1) is 0 Å². The van der Waals surface area contributed by atoms with Crippen molar-refractivity contribution in [2.45, 2.75) is 13.2 Å². The first-order valence-corrected chi connectivity index (χ1v) is 7.57. The minimum absolute atomic E-state index is 0.0142. The van der Waals surface area contributed by atoms with Gasteiger partial charge in [-0.1, -0.05) is 22.0 Å². The molecule has 5 heteroatoms. The lowest BCUT2D eigenvalue weighted by Crippen LogP contribution is -1.98. The lowest BCUT2D eigenvalue weighted by molar-refractivity contribution is 0.280. The largest absolute Gasteiger partial charge is 0.497 e. The second-order valence-electron chi connectivity index (χ2n) is 4.17. The van der Waals surface area contributed by atoms with E-state index in [1.165, 1.54) is 0 Å². The minimum atomic E-state index is 0.0142. The first-order chi connectivity index (χ1) is 9.63. The Labute approximate surface area is 134 Å². The average Bonchev–Trinajstić information content (AvgIpc) is 2.47. The molecule has 0 saturated heterocycles. The molecule has 0 amide bonds. The fourth-order valence-electron chi connectivity index (χ4n) is 1.70. The van der Waals surface area contributed by atoms with Crippen molar-refractivity contribution in [3.8, 4) is 11.5 Å². The van der Waals surface area contributed by atoms with Crippen molar-refractivity contribution in [3.05, 3.63) is 56.5 Å². The van der Waals surface area contributed by atoms with E-state index in [9.17, 15) is 0 Å². The third-order valence-electron chi connectivity index (χ3n) is 2.81. The number of aliphatic hydroxyl groups is 1. The third-order valence-corrected chi connectivity index (χ3v) is 4.21. The van der Waals surface area contributed by atoms with E-state index in [0.29, 0.717) is 6.61 Å². The monoisotopic (exact) mass is 400 g/mol. The van der Waals surface area contributed by atoms with Crippen LogP contribution in [0.25, 0.3) is 0 Å². The molecule has 0 aliphatic carbocycles. The van der Waals surface area contributed by atoms with Crippen LogP contribution >= 0.6 is 31.9 Å². The van der Waals surface area contributed by atoms with Gasteiger partial charge in [-0.2, -0.15) is 0 Å². The van der Waals surface area contributed by atoms with Crippen LogP contribution < -0.4 is 9.47 Å². The molecule has 0 aliphatic heterocycles. The second kappa shape index (κ2) is 7.11. The summed E-state index contributed by atoms with van der Waals surface area (Å²) in [7, 11) is 1.64. The molecule has 0 aliphatic rings. The van der Waals surface area contributed by atoms with Gasteiger partial charge >= 0.3 is 0 Å². The van der Waals surface area contributed by atoms with E-state index in [4.69, 9.17) is 14.6 Å². The summed E-state index contributed by atoms with van der Waals surface area (Å²) in [4.78, 5) is 0. The summed E-state index contributed by atoms with van der Waals surface area (Å²) < 4.78 is 12.8. The molecule has 2 aromatic carbocycles. The van der Waals surface area contributed by atoms with Crippen molar-refractivity contribution < 1.29 is 14.6 Å². The first kappa shape index (κ1) is 15.4. The van der Waals surface area contributed by atoms with Crippen LogP contribution in [-0.4, -0.2) is 12.2 Å². The number of halogens is 2. The van der Waals surface area contributed by atoms with Gasteiger partial charge in [0.2, 0.25) is 0 Å². The molecule has 0 atom stereocenters. The highest BCUT2D eigenvalue weighted by Crippen LogP contribution is 2.29. The minimum Gasteiger partial charge on any atom is -0.497 e. The number of aliphatic hydroxyl groups excluding tert-OH is 1. The SMILES string of the molecule is COc1ccc(Br)c(COc2ccc(CO)cc2Br)c1. The fourth-order valence-corrected chi connectivity index (χ4v) is 2.61. The van der Waals surface area contributed by atoms with Crippen LogP contribution in [0.4, 0.5) is 0 Å². The van der Waals surface area contributed by atoms with Crippen LogP contribution in [0.5, 0.6) is 11.5 Å². The number of hydrogen-bond donors (Lipinski definition) is 1. The maximum absolute atomic E-state index is 9.07. The summed E-state index contributed by atoms with van der Waals surface area (Å²) in [6.07, 6.45) is 0. The van der Waals surface area contributed by atoms with Gasteiger partial charge in [-0.3, -0.25) is 0 Å². The van der Waals surface area contributed by atoms with Crippen molar-refractivity contribution in [1.29, 1.82) is 0 Å². The van der Waals surface area contributed by atoms with Crippen molar-refractivity contribution in [2.24, 2.45) is 0 Å². The van der Waals surface area contributed by atoms with Crippen LogP contribution in [0.1, 0.15) is 11.1 Å². The molecule has 2 rings (SSSR count). The summed E-state index contributed by atoms with van der Waals surface area (Å²) in [5, 5.41) is 9.07. The van der Waals surface area contributed by atoms with Crippen LogP contribution in [-0.2, 0) is 13.2 Å².